The second-order valence-electron chi connectivity index (χ2n) is 9.20. The Hall–Kier alpha value is -3.26. The second kappa shape index (κ2) is 10.6. The molecular formula is C27H34N2O6. The van der Waals surface area contributed by atoms with Gasteiger partial charge in [-0.05, 0) is 67.4 Å². The maximum Gasteiger partial charge on any atom is 0.227 e. The summed E-state index contributed by atoms with van der Waals surface area (Å²) in [5, 5.41) is 0. The summed E-state index contributed by atoms with van der Waals surface area (Å²) in [7, 11) is 8.49. The Balaban J connectivity index is 1.32. The summed E-state index contributed by atoms with van der Waals surface area (Å²) in [6.45, 7) is 2.40. The molecule has 1 atom stereocenters. The Morgan fingerprint density at radius 1 is 0.886 bits per heavy atom. The molecule has 0 saturated carbocycles. The predicted octanol–water partition coefficient (Wildman–Crippen LogP) is 2.95. The standard InChI is InChI=1S/C27H34N2O6/c1-28(15-19-9-17-10-23(32-2)25(34-4)13-20(17)19)7-6-8-29-16-22(30)21-14-26(35-5)24(33-3)11-18(21)12-27(29)31/h10-11,13-14,19H,6-9,12,15-16H2,1-5H3/t19-/m1/s1. The Morgan fingerprint density at radius 3 is 2.14 bits per heavy atom. The lowest BCUT2D eigenvalue weighted by Gasteiger charge is -2.34. The molecule has 1 amide bonds. The highest BCUT2D eigenvalue weighted by molar-refractivity contribution is 6.04. The highest BCUT2D eigenvalue weighted by Gasteiger charge is 2.30. The number of ether oxygens (including phenoxy) is 4. The van der Waals surface area contributed by atoms with E-state index in [0.29, 0.717) is 35.1 Å². The number of benzene rings is 2. The minimum absolute atomic E-state index is 0.0408. The van der Waals surface area contributed by atoms with E-state index < -0.39 is 0 Å². The van der Waals surface area contributed by atoms with Gasteiger partial charge in [0.25, 0.3) is 0 Å². The van der Waals surface area contributed by atoms with Crippen molar-refractivity contribution in [2.24, 2.45) is 0 Å². The first-order valence-electron chi connectivity index (χ1n) is 11.9. The van der Waals surface area contributed by atoms with Crippen molar-refractivity contribution in [3.05, 3.63) is 46.5 Å². The Kier molecular flexibility index (Phi) is 7.50. The molecule has 188 valence electrons. The lowest BCUT2D eigenvalue weighted by Crippen LogP contribution is -2.37. The molecule has 0 fully saturated rings. The summed E-state index contributed by atoms with van der Waals surface area (Å²) in [6, 6.07) is 7.57. The van der Waals surface area contributed by atoms with Gasteiger partial charge in [0.05, 0.1) is 41.4 Å². The van der Waals surface area contributed by atoms with Crippen molar-refractivity contribution < 1.29 is 28.5 Å². The molecule has 2 aliphatic rings. The summed E-state index contributed by atoms with van der Waals surface area (Å²) in [5.41, 5.74) is 3.84. The van der Waals surface area contributed by atoms with E-state index in [0.717, 1.165) is 37.4 Å². The molecule has 0 radical (unpaired) electrons. The van der Waals surface area contributed by atoms with Crippen molar-refractivity contribution in [3.8, 4) is 23.0 Å². The van der Waals surface area contributed by atoms with Gasteiger partial charge in [-0.3, -0.25) is 9.59 Å². The van der Waals surface area contributed by atoms with Gasteiger partial charge in [-0.1, -0.05) is 0 Å². The normalized spacial score (nSPS) is 16.9. The number of Topliss-reactive ketones (excluding diaryl/α,β-unsaturated/α-hetero) is 1. The zero-order chi connectivity index (χ0) is 25.1. The molecule has 0 unspecified atom stereocenters. The summed E-state index contributed by atoms with van der Waals surface area (Å²) in [4.78, 5) is 29.8. The van der Waals surface area contributed by atoms with Crippen molar-refractivity contribution in [2.45, 2.75) is 25.2 Å². The van der Waals surface area contributed by atoms with E-state index in [2.05, 4.69) is 24.1 Å². The van der Waals surface area contributed by atoms with Gasteiger partial charge >= 0.3 is 0 Å². The van der Waals surface area contributed by atoms with E-state index in [4.69, 9.17) is 18.9 Å². The molecule has 8 heteroatoms. The number of methoxy groups -OCH3 is 4. The van der Waals surface area contributed by atoms with Gasteiger partial charge in [0.2, 0.25) is 5.91 Å². The molecule has 2 aromatic carbocycles. The number of likely N-dealkylation sites (N-methyl/N-ethyl adjacent to an activating group) is 1. The number of carbonyl (C=O) groups excluding carboxylic acids is 2. The van der Waals surface area contributed by atoms with Crippen LogP contribution < -0.4 is 18.9 Å². The van der Waals surface area contributed by atoms with Crippen LogP contribution in [0.5, 0.6) is 23.0 Å². The van der Waals surface area contributed by atoms with Gasteiger partial charge in [0.15, 0.2) is 28.8 Å². The SMILES string of the molecule is COc1cc2c(cc1OC)C(=O)CN(CCCN(C)C[C@H]1Cc3cc(OC)c(OC)cc31)C(=O)C2. The van der Waals surface area contributed by atoms with E-state index in [-0.39, 0.29) is 24.7 Å². The number of fused-ring (bicyclic) bond motifs is 2. The Labute approximate surface area is 206 Å². The lowest BCUT2D eigenvalue weighted by molar-refractivity contribution is -0.130. The van der Waals surface area contributed by atoms with E-state index in [9.17, 15) is 9.59 Å². The number of rotatable bonds is 10. The number of carbonyl (C=O) groups is 2. The van der Waals surface area contributed by atoms with E-state index in [1.807, 2.05) is 0 Å². The average molecular weight is 483 g/mol. The molecule has 1 aliphatic heterocycles. The van der Waals surface area contributed by atoms with Crippen LogP contribution in [0.3, 0.4) is 0 Å². The van der Waals surface area contributed by atoms with E-state index in [1.54, 1.807) is 38.4 Å². The second-order valence-corrected chi connectivity index (χ2v) is 9.20. The maximum atomic E-state index is 12.9. The molecule has 0 saturated heterocycles. The van der Waals surface area contributed by atoms with Crippen LogP contribution in [0.4, 0.5) is 0 Å². The van der Waals surface area contributed by atoms with Crippen molar-refractivity contribution in [1.29, 1.82) is 0 Å². The van der Waals surface area contributed by atoms with Crippen LogP contribution in [0.25, 0.3) is 0 Å². The van der Waals surface area contributed by atoms with Crippen molar-refractivity contribution >= 4 is 11.7 Å². The summed E-state index contributed by atoms with van der Waals surface area (Å²) < 4.78 is 21.5. The Morgan fingerprint density at radius 2 is 1.49 bits per heavy atom. The number of ketones is 1. The largest absolute Gasteiger partial charge is 0.493 e. The molecule has 2 aromatic rings. The third-order valence-corrected chi connectivity index (χ3v) is 6.99. The van der Waals surface area contributed by atoms with Gasteiger partial charge in [-0.15, -0.1) is 0 Å². The topological polar surface area (TPSA) is 77.5 Å². The zero-order valence-electron chi connectivity index (χ0n) is 21.2. The number of hydrogen-bond donors (Lipinski definition) is 0. The van der Waals surface area contributed by atoms with Crippen LogP contribution in [-0.2, 0) is 17.6 Å². The van der Waals surface area contributed by atoms with Crippen LogP contribution in [0.2, 0.25) is 0 Å². The molecule has 1 heterocycles. The molecular weight excluding hydrogens is 448 g/mol. The first kappa shape index (κ1) is 24.9. The van der Waals surface area contributed by atoms with Crippen LogP contribution in [0, 0.1) is 0 Å². The Bertz CT molecular complexity index is 1120. The van der Waals surface area contributed by atoms with Crippen LogP contribution in [0.15, 0.2) is 24.3 Å². The molecule has 0 N–H and O–H groups in total. The number of nitrogens with zero attached hydrogens (tertiary/aromatic N) is 2. The fraction of sp³-hybridized carbons (Fsp3) is 0.481. The first-order chi connectivity index (χ1) is 16.9. The van der Waals surface area contributed by atoms with Crippen molar-refractivity contribution in [2.75, 3.05) is 61.7 Å². The smallest absolute Gasteiger partial charge is 0.227 e. The average Bonchev–Trinajstić information content (AvgIpc) is 2.96. The summed E-state index contributed by atoms with van der Waals surface area (Å²) >= 11 is 0. The fourth-order valence-electron chi connectivity index (χ4n) is 5.05. The van der Waals surface area contributed by atoms with Gasteiger partial charge in [0.1, 0.15) is 0 Å². The fourth-order valence-corrected chi connectivity index (χ4v) is 5.05. The lowest BCUT2D eigenvalue weighted by atomic mass is 9.77. The summed E-state index contributed by atoms with van der Waals surface area (Å²) in [6.07, 6.45) is 2.00. The monoisotopic (exact) mass is 482 g/mol. The summed E-state index contributed by atoms with van der Waals surface area (Å²) in [5.74, 6) is 2.89. The molecule has 0 bridgehead atoms. The third-order valence-electron chi connectivity index (χ3n) is 6.99. The minimum Gasteiger partial charge on any atom is -0.493 e. The predicted molar refractivity (Wildman–Crippen MR) is 132 cm³/mol. The quantitative estimate of drug-likeness (QED) is 0.515. The van der Waals surface area contributed by atoms with Crippen LogP contribution >= 0.6 is 0 Å². The first-order valence-corrected chi connectivity index (χ1v) is 11.9. The maximum absolute atomic E-state index is 12.9. The molecule has 8 nitrogen and oxygen atoms in total. The van der Waals surface area contributed by atoms with E-state index in [1.165, 1.54) is 18.2 Å². The van der Waals surface area contributed by atoms with Gasteiger partial charge in [0, 0.05) is 24.6 Å². The van der Waals surface area contributed by atoms with Crippen molar-refractivity contribution in [3.63, 3.8) is 0 Å². The van der Waals surface area contributed by atoms with Gasteiger partial charge in [-0.2, -0.15) is 0 Å². The molecule has 4 rings (SSSR count). The number of hydrogen-bond acceptors (Lipinski definition) is 7. The minimum atomic E-state index is -0.0735. The number of amides is 1. The van der Waals surface area contributed by atoms with Crippen molar-refractivity contribution in [1.82, 2.24) is 9.80 Å². The van der Waals surface area contributed by atoms with Gasteiger partial charge < -0.3 is 28.7 Å². The zero-order valence-corrected chi connectivity index (χ0v) is 21.2. The van der Waals surface area contributed by atoms with Crippen LogP contribution in [0.1, 0.15) is 39.4 Å². The molecule has 0 aromatic heterocycles. The third kappa shape index (κ3) is 5.07. The van der Waals surface area contributed by atoms with Gasteiger partial charge in [-0.25, -0.2) is 0 Å². The molecule has 35 heavy (non-hydrogen) atoms. The molecule has 0 spiro atoms. The highest BCUT2D eigenvalue weighted by Crippen LogP contribution is 2.42. The van der Waals surface area contributed by atoms with E-state index >= 15 is 0 Å². The van der Waals surface area contributed by atoms with Crippen LogP contribution in [-0.4, -0.2) is 83.2 Å². The molecule has 1 aliphatic carbocycles. The highest BCUT2D eigenvalue weighted by atomic mass is 16.5.